The summed E-state index contributed by atoms with van der Waals surface area (Å²) in [6.07, 6.45) is 0. The van der Waals surface area contributed by atoms with E-state index in [1.165, 1.54) is 0 Å². The van der Waals surface area contributed by atoms with Gasteiger partial charge in [-0.3, -0.25) is 9.69 Å². The van der Waals surface area contributed by atoms with Crippen molar-refractivity contribution in [3.05, 3.63) is 59.7 Å². The van der Waals surface area contributed by atoms with Gasteiger partial charge in [0.05, 0.1) is 13.2 Å². The molecule has 1 saturated heterocycles. The van der Waals surface area contributed by atoms with Crippen molar-refractivity contribution in [1.82, 2.24) is 9.80 Å². The summed E-state index contributed by atoms with van der Waals surface area (Å²) in [7, 11) is 1.57. The van der Waals surface area contributed by atoms with E-state index in [9.17, 15) is 10.1 Å². The Morgan fingerprint density at radius 1 is 1.07 bits per heavy atom. The molecule has 1 heterocycles. The third-order valence-electron chi connectivity index (χ3n) is 5.06. The van der Waals surface area contributed by atoms with Crippen LogP contribution in [0, 0.1) is 18.3 Å². The van der Waals surface area contributed by atoms with Crippen molar-refractivity contribution >= 4 is 5.91 Å². The third kappa shape index (κ3) is 4.44. The molecule has 6 heteroatoms. The van der Waals surface area contributed by atoms with E-state index in [0.717, 1.165) is 11.1 Å². The number of nitriles is 1. The molecule has 146 valence electrons. The van der Waals surface area contributed by atoms with E-state index in [0.29, 0.717) is 37.7 Å². The Bertz CT molecular complexity index is 854. The van der Waals surface area contributed by atoms with Crippen molar-refractivity contribution in [2.45, 2.75) is 13.0 Å². The number of hydrogen-bond donors (Lipinski definition) is 0. The molecule has 0 saturated carbocycles. The highest BCUT2D eigenvalue weighted by Gasteiger charge is 2.28. The number of hydrogen-bond acceptors (Lipinski definition) is 5. The first-order chi connectivity index (χ1) is 13.6. The van der Waals surface area contributed by atoms with Crippen LogP contribution in [0.1, 0.15) is 17.2 Å². The Labute approximate surface area is 165 Å². The quantitative estimate of drug-likeness (QED) is 0.772. The Morgan fingerprint density at radius 2 is 1.71 bits per heavy atom. The number of rotatable bonds is 6. The van der Waals surface area contributed by atoms with Crippen molar-refractivity contribution in [1.29, 1.82) is 5.26 Å². The maximum atomic E-state index is 12.5. The Morgan fingerprint density at radius 3 is 2.36 bits per heavy atom. The summed E-state index contributed by atoms with van der Waals surface area (Å²) < 4.78 is 10.9. The number of piperazine rings is 1. The first-order valence-corrected chi connectivity index (χ1v) is 9.37. The largest absolute Gasteiger partial charge is 0.493 e. The number of carbonyl (C=O) groups is 1. The molecule has 0 N–H and O–H groups in total. The summed E-state index contributed by atoms with van der Waals surface area (Å²) in [5.41, 5.74) is 2.14. The number of ether oxygens (including phenoxy) is 2. The minimum absolute atomic E-state index is 0.0279. The maximum Gasteiger partial charge on any atom is 0.260 e. The highest BCUT2D eigenvalue weighted by atomic mass is 16.5. The minimum atomic E-state index is -0.289. The predicted octanol–water partition coefficient (Wildman–Crippen LogP) is 2.79. The van der Waals surface area contributed by atoms with Gasteiger partial charge in [-0.1, -0.05) is 36.4 Å². The number of nitrogens with zero attached hydrogens (tertiary/aromatic N) is 3. The molecule has 1 aliphatic rings. The molecule has 1 atom stereocenters. The lowest BCUT2D eigenvalue weighted by atomic mass is 10.0. The number of carbonyl (C=O) groups excluding carboxylic acids is 1. The monoisotopic (exact) mass is 379 g/mol. The number of benzene rings is 2. The van der Waals surface area contributed by atoms with Gasteiger partial charge in [-0.05, 0) is 30.2 Å². The first-order valence-electron chi connectivity index (χ1n) is 9.37. The molecule has 2 aromatic carbocycles. The van der Waals surface area contributed by atoms with E-state index in [-0.39, 0.29) is 18.6 Å². The van der Waals surface area contributed by atoms with Crippen LogP contribution < -0.4 is 9.47 Å². The number of aryl methyl sites for hydroxylation is 1. The molecule has 0 bridgehead atoms. The molecule has 0 radical (unpaired) electrons. The van der Waals surface area contributed by atoms with Crippen LogP contribution >= 0.6 is 0 Å². The SMILES string of the molecule is COc1ccccc1OCC(=O)N1CCN(C(C#N)c2ccccc2C)CC1. The molecule has 1 aliphatic heterocycles. The maximum absolute atomic E-state index is 12.5. The summed E-state index contributed by atoms with van der Waals surface area (Å²) in [5.74, 6) is 1.10. The zero-order chi connectivity index (χ0) is 19.9. The van der Waals surface area contributed by atoms with Crippen LogP contribution in [0.4, 0.5) is 0 Å². The molecule has 6 nitrogen and oxygen atoms in total. The van der Waals surface area contributed by atoms with Crippen LogP contribution in [-0.2, 0) is 4.79 Å². The van der Waals surface area contributed by atoms with Crippen LogP contribution in [0.2, 0.25) is 0 Å². The fraction of sp³-hybridized carbons (Fsp3) is 0.364. The van der Waals surface area contributed by atoms with Crippen molar-refractivity contribution in [2.75, 3.05) is 39.9 Å². The van der Waals surface area contributed by atoms with Crippen molar-refractivity contribution in [2.24, 2.45) is 0 Å². The zero-order valence-electron chi connectivity index (χ0n) is 16.3. The molecule has 2 aromatic rings. The smallest absolute Gasteiger partial charge is 0.260 e. The zero-order valence-corrected chi connectivity index (χ0v) is 16.3. The molecule has 0 aromatic heterocycles. The predicted molar refractivity (Wildman–Crippen MR) is 106 cm³/mol. The van der Waals surface area contributed by atoms with Gasteiger partial charge in [0, 0.05) is 26.2 Å². The fourth-order valence-corrected chi connectivity index (χ4v) is 3.44. The van der Waals surface area contributed by atoms with Crippen molar-refractivity contribution in [3.8, 4) is 17.6 Å². The van der Waals surface area contributed by atoms with Crippen LogP contribution in [-0.4, -0.2) is 55.6 Å². The topological polar surface area (TPSA) is 65.8 Å². The second-order valence-electron chi connectivity index (χ2n) is 6.74. The second kappa shape index (κ2) is 9.25. The van der Waals surface area contributed by atoms with Crippen molar-refractivity contribution in [3.63, 3.8) is 0 Å². The van der Waals surface area contributed by atoms with Crippen LogP contribution in [0.5, 0.6) is 11.5 Å². The van der Waals surface area contributed by atoms with Crippen LogP contribution in [0.25, 0.3) is 0 Å². The normalized spacial score (nSPS) is 15.5. The molecule has 0 spiro atoms. The summed E-state index contributed by atoms with van der Waals surface area (Å²) in [6, 6.07) is 17.4. The highest BCUT2D eigenvalue weighted by Crippen LogP contribution is 2.26. The third-order valence-corrected chi connectivity index (χ3v) is 5.06. The average molecular weight is 379 g/mol. The minimum Gasteiger partial charge on any atom is -0.493 e. The number of methoxy groups -OCH3 is 1. The van der Waals surface area contributed by atoms with E-state index in [2.05, 4.69) is 11.0 Å². The summed E-state index contributed by atoms with van der Waals surface area (Å²) in [5, 5.41) is 9.69. The molecular weight excluding hydrogens is 354 g/mol. The second-order valence-corrected chi connectivity index (χ2v) is 6.74. The molecular formula is C22H25N3O3. The lowest BCUT2D eigenvalue weighted by molar-refractivity contribution is -0.135. The van der Waals surface area contributed by atoms with Gasteiger partial charge in [0.2, 0.25) is 0 Å². The number of amides is 1. The molecule has 1 amide bonds. The molecule has 3 rings (SSSR count). The van der Waals surface area contributed by atoms with Gasteiger partial charge >= 0.3 is 0 Å². The lowest BCUT2D eigenvalue weighted by Crippen LogP contribution is -2.50. The highest BCUT2D eigenvalue weighted by molar-refractivity contribution is 5.78. The Kier molecular flexibility index (Phi) is 6.51. The van der Waals surface area contributed by atoms with Gasteiger partial charge < -0.3 is 14.4 Å². The molecule has 1 unspecified atom stereocenters. The summed E-state index contributed by atoms with van der Waals surface area (Å²) in [6.45, 7) is 4.48. The van der Waals surface area contributed by atoms with Gasteiger partial charge in [-0.15, -0.1) is 0 Å². The van der Waals surface area contributed by atoms with Crippen LogP contribution in [0.3, 0.4) is 0 Å². The van der Waals surface area contributed by atoms with Gasteiger partial charge in [0.15, 0.2) is 18.1 Å². The van der Waals surface area contributed by atoms with Gasteiger partial charge in [0.1, 0.15) is 6.04 Å². The van der Waals surface area contributed by atoms with Crippen LogP contribution in [0.15, 0.2) is 48.5 Å². The summed E-state index contributed by atoms with van der Waals surface area (Å²) >= 11 is 0. The van der Waals surface area contributed by atoms with E-state index in [4.69, 9.17) is 9.47 Å². The molecule has 0 aliphatic carbocycles. The first kappa shape index (κ1) is 19.7. The lowest BCUT2D eigenvalue weighted by Gasteiger charge is -2.37. The van der Waals surface area contributed by atoms with Crippen molar-refractivity contribution < 1.29 is 14.3 Å². The summed E-state index contributed by atoms with van der Waals surface area (Å²) in [4.78, 5) is 16.4. The average Bonchev–Trinajstić information content (AvgIpc) is 2.74. The Balaban J connectivity index is 1.55. The Hall–Kier alpha value is -3.04. The van der Waals surface area contributed by atoms with E-state index >= 15 is 0 Å². The standard InChI is InChI=1S/C22H25N3O3/c1-17-7-3-4-8-18(17)19(15-23)24-11-13-25(14-12-24)22(26)16-28-21-10-6-5-9-20(21)27-2/h3-10,19H,11-14,16H2,1-2H3. The fourth-order valence-electron chi connectivity index (χ4n) is 3.44. The van der Waals surface area contributed by atoms with E-state index < -0.39 is 0 Å². The van der Waals surface area contributed by atoms with E-state index in [1.807, 2.05) is 43.3 Å². The van der Waals surface area contributed by atoms with Gasteiger partial charge in [-0.2, -0.15) is 5.26 Å². The van der Waals surface area contributed by atoms with E-state index in [1.54, 1.807) is 24.1 Å². The van der Waals surface area contributed by atoms with Gasteiger partial charge in [0.25, 0.3) is 5.91 Å². The molecule has 1 fully saturated rings. The number of para-hydroxylation sites is 2. The molecule has 28 heavy (non-hydrogen) atoms. The van der Waals surface area contributed by atoms with Gasteiger partial charge in [-0.25, -0.2) is 0 Å².